The van der Waals surface area contributed by atoms with Crippen molar-refractivity contribution in [1.82, 2.24) is 0 Å². The van der Waals surface area contributed by atoms with Gasteiger partial charge in [-0.15, -0.1) is 0 Å². The Morgan fingerprint density at radius 2 is 1.86 bits per heavy atom. The first-order chi connectivity index (χ1) is 6.58. The van der Waals surface area contributed by atoms with Crippen LogP contribution in [0.5, 0.6) is 5.75 Å². The van der Waals surface area contributed by atoms with E-state index >= 15 is 0 Å². The molecule has 0 saturated carbocycles. The Kier molecular flexibility index (Phi) is 3.06. The summed E-state index contributed by atoms with van der Waals surface area (Å²) in [6, 6.07) is 6.27. The summed E-state index contributed by atoms with van der Waals surface area (Å²) in [5.74, 6) is -0.493. The zero-order valence-corrected chi connectivity index (χ0v) is 7.47. The first-order valence-corrected chi connectivity index (χ1v) is 3.98. The van der Waals surface area contributed by atoms with Crippen molar-refractivity contribution in [3.63, 3.8) is 0 Å². The van der Waals surface area contributed by atoms with Crippen LogP contribution in [-0.2, 0) is 11.2 Å². The van der Waals surface area contributed by atoms with Crippen LogP contribution >= 0.6 is 0 Å². The third kappa shape index (κ3) is 3.14. The molecule has 5 N–H and O–H groups in total. The number of nitrogens with zero attached hydrogens (tertiary/aromatic N) is 1. The van der Waals surface area contributed by atoms with Gasteiger partial charge in [0.05, 0.1) is 6.42 Å². The highest BCUT2D eigenvalue weighted by Gasteiger charge is 2.01. The monoisotopic (exact) mass is 193 g/mol. The number of aromatic hydroxyl groups is 1. The standard InChI is InChI=1S/C9H11N3O2/c10-9(11)12-8(14)5-6-1-3-7(13)4-2-6/h1-4,13H,5H2,(H4,10,11,12,14). The highest BCUT2D eigenvalue weighted by molar-refractivity contribution is 5.92. The van der Waals surface area contributed by atoms with Gasteiger partial charge >= 0.3 is 0 Å². The highest BCUT2D eigenvalue weighted by Crippen LogP contribution is 2.10. The van der Waals surface area contributed by atoms with Crippen LogP contribution in [0, 0.1) is 0 Å². The molecule has 1 aromatic carbocycles. The molecule has 0 atom stereocenters. The number of phenolic OH excluding ortho intramolecular Hbond substituents is 1. The molecule has 0 aliphatic heterocycles. The van der Waals surface area contributed by atoms with Crippen LogP contribution in [0.3, 0.4) is 0 Å². The highest BCUT2D eigenvalue weighted by atomic mass is 16.3. The molecule has 74 valence electrons. The van der Waals surface area contributed by atoms with Crippen LogP contribution in [0.1, 0.15) is 5.56 Å². The predicted molar refractivity (Wildman–Crippen MR) is 52.6 cm³/mol. The topological polar surface area (TPSA) is 102 Å². The van der Waals surface area contributed by atoms with Gasteiger partial charge in [0.2, 0.25) is 0 Å². The van der Waals surface area contributed by atoms with Gasteiger partial charge in [0.25, 0.3) is 5.91 Å². The summed E-state index contributed by atoms with van der Waals surface area (Å²) in [6.07, 6.45) is 0.123. The summed E-state index contributed by atoms with van der Waals surface area (Å²) in [5, 5.41) is 8.98. The quantitative estimate of drug-likeness (QED) is 0.444. The summed E-state index contributed by atoms with van der Waals surface area (Å²) in [5.41, 5.74) is 10.8. The Balaban J connectivity index is 2.66. The average Bonchev–Trinajstić information content (AvgIpc) is 2.07. The predicted octanol–water partition coefficient (Wildman–Crippen LogP) is -0.265. The molecular formula is C9H11N3O2. The summed E-state index contributed by atoms with van der Waals surface area (Å²) >= 11 is 0. The zero-order valence-electron chi connectivity index (χ0n) is 7.47. The molecule has 14 heavy (non-hydrogen) atoms. The van der Waals surface area contributed by atoms with Gasteiger partial charge in [-0.3, -0.25) is 4.79 Å². The van der Waals surface area contributed by atoms with Crippen molar-refractivity contribution < 1.29 is 9.90 Å². The maximum absolute atomic E-state index is 11.1. The van der Waals surface area contributed by atoms with Crippen LogP contribution in [0.4, 0.5) is 0 Å². The molecule has 0 unspecified atom stereocenters. The molecule has 1 rings (SSSR count). The van der Waals surface area contributed by atoms with Crippen molar-refractivity contribution in [2.24, 2.45) is 16.5 Å². The minimum absolute atomic E-state index is 0.123. The van der Waals surface area contributed by atoms with E-state index in [9.17, 15) is 4.79 Å². The number of carbonyl (C=O) groups is 1. The number of hydrogen-bond acceptors (Lipinski definition) is 2. The van der Waals surface area contributed by atoms with Crippen molar-refractivity contribution in [3.8, 4) is 5.75 Å². The Morgan fingerprint density at radius 1 is 1.29 bits per heavy atom. The first-order valence-electron chi connectivity index (χ1n) is 3.98. The largest absolute Gasteiger partial charge is 0.508 e. The molecule has 0 bridgehead atoms. The maximum Gasteiger partial charge on any atom is 0.253 e. The van der Waals surface area contributed by atoms with Crippen molar-refractivity contribution >= 4 is 11.9 Å². The van der Waals surface area contributed by atoms with E-state index in [4.69, 9.17) is 16.6 Å². The molecule has 0 heterocycles. The van der Waals surface area contributed by atoms with Crippen molar-refractivity contribution in [3.05, 3.63) is 29.8 Å². The van der Waals surface area contributed by atoms with Gasteiger partial charge < -0.3 is 16.6 Å². The minimum Gasteiger partial charge on any atom is -0.508 e. The van der Waals surface area contributed by atoms with E-state index in [1.54, 1.807) is 12.1 Å². The first kappa shape index (κ1) is 10.0. The SMILES string of the molecule is NC(N)=NC(=O)Cc1ccc(O)cc1. The number of guanidine groups is 1. The lowest BCUT2D eigenvalue weighted by molar-refractivity contribution is -0.117. The molecule has 0 aliphatic rings. The van der Waals surface area contributed by atoms with E-state index in [1.165, 1.54) is 12.1 Å². The van der Waals surface area contributed by atoms with Gasteiger partial charge in [0.15, 0.2) is 5.96 Å². The number of amides is 1. The van der Waals surface area contributed by atoms with E-state index < -0.39 is 5.91 Å². The van der Waals surface area contributed by atoms with E-state index in [0.717, 1.165) is 5.56 Å². The summed E-state index contributed by atoms with van der Waals surface area (Å²) in [4.78, 5) is 14.5. The van der Waals surface area contributed by atoms with Crippen LogP contribution in [0.15, 0.2) is 29.3 Å². The number of nitrogens with two attached hydrogens (primary N) is 2. The van der Waals surface area contributed by atoms with Gasteiger partial charge in [-0.25, -0.2) is 0 Å². The third-order valence-electron chi connectivity index (χ3n) is 1.55. The number of aliphatic imine (C=N–C) groups is 1. The molecule has 5 heteroatoms. The number of phenols is 1. The number of hydrogen-bond donors (Lipinski definition) is 3. The molecule has 5 nitrogen and oxygen atoms in total. The molecule has 0 radical (unpaired) electrons. The Hall–Kier alpha value is -2.04. The lowest BCUT2D eigenvalue weighted by Gasteiger charge is -1.97. The summed E-state index contributed by atoms with van der Waals surface area (Å²) in [7, 11) is 0. The molecule has 0 aliphatic carbocycles. The molecule has 0 spiro atoms. The number of carbonyl (C=O) groups excluding carboxylic acids is 1. The van der Waals surface area contributed by atoms with Gasteiger partial charge in [-0.1, -0.05) is 12.1 Å². The second-order valence-electron chi connectivity index (χ2n) is 2.77. The normalized spacial score (nSPS) is 9.43. The Bertz CT molecular complexity index is 353. The maximum atomic E-state index is 11.1. The number of rotatable bonds is 2. The molecule has 1 amide bonds. The smallest absolute Gasteiger partial charge is 0.253 e. The van der Waals surface area contributed by atoms with Crippen molar-refractivity contribution in [1.29, 1.82) is 0 Å². The van der Waals surface area contributed by atoms with Crippen LogP contribution in [0.25, 0.3) is 0 Å². The van der Waals surface area contributed by atoms with E-state index in [1.807, 2.05) is 0 Å². The summed E-state index contributed by atoms with van der Waals surface area (Å²) < 4.78 is 0. The zero-order chi connectivity index (χ0) is 10.6. The van der Waals surface area contributed by atoms with E-state index in [0.29, 0.717) is 0 Å². The molecular weight excluding hydrogens is 182 g/mol. The van der Waals surface area contributed by atoms with Crippen LogP contribution in [-0.4, -0.2) is 17.0 Å². The lowest BCUT2D eigenvalue weighted by atomic mass is 10.1. The number of benzene rings is 1. The lowest BCUT2D eigenvalue weighted by Crippen LogP contribution is -2.24. The molecule has 1 aromatic rings. The van der Waals surface area contributed by atoms with Crippen LogP contribution < -0.4 is 11.5 Å². The fourth-order valence-electron chi connectivity index (χ4n) is 0.972. The van der Waals surface area contributed by atoms with E-state index in [2.05, 4.69) is 4.99 Å². The minimum atomic E-state index is -0.407. The van der Waals surface area contributed by atoms with Crippen LogP contribution in [0.2, 0.25) is 0 Å². The fourth-order valence-corrected chi connectivity index (χ4v) is 0.972. The van der Waals surface area contributed by atoms with E-state index in [-0.39, 0.29) is 18.1 Å². The van der Waals surface area contributed by atoms with Crippen molar-refractivity contribution in [2.75, 3.05) is 0 Å². The summed E-state index contributed by atoms with van der Waals surface area (Å²) in [6.45, 7) is 0. The molecule has 0 aromatic heterocycles. The van der Waals surface area contributed by atoms with Crippen molar-refractivity contribution in [2.45, 2.75) is 6.42 Å². The second kappa shape index (κ2) is 4.27. The van der Waals surface area contributed by atoms with Gasteiger partial charge in [0.1, 0.15) is 5.75 Å². The second-order valence-corrected chi connectivity index (χ2v) is 2.77. The van der Waals surface area contributed by atoms with Gasteiger partial charge in [-0.2, -0.15) is 4.99 Å². The Labute approximate surface area is 81.1 Å². The molecule has 0 saturated heterocycles. The third-order valence-corrected chi connectivity index (χ3v) is 1.55. The van der Waals surface area contributed by atoms with Gasteiger partial charge in [-0.05, 0) is 17.7 Å². The Morgan fingerprint density at radius 3 is 2.36 bits per heavy atom. The average molecular weight is 193 g/mol. The molecule has 0 fully saturated rings. The van der Waals surface area contributed by atoms with Gasteiger partial charge in [0, 0.05) is 0 Å². The fraction of sp³-hybridized carbons (Fsp3) is 0.111.